The third-order valence-electron chi connectivity index (χ3n) is 4.23. The lowest BCUT2D eigenvalue weighted by molar-refractivity contribution is 0.122. The number of rotatable bonds is 8. The monoisotopic (exact) mass is 341 g/mol. The van der Waals surface area contributed by atoms with E-state index in [1.807, 2.05) is 30.3 Å². The lowest BCUT2D eigenvalue weighted by atomic mass is 9.99. The van der Waals surface area contributed by atoms with Gasteiger partial charge in [0.25, 0.3) is 10.2 Å². The Morgan fingerprint density at radius 3 is 2.78 bits per heavy atom. The second kappa shape index (κ2) is 8.75. The number of piperidine rings is 1. The predicted molar refractivity (Wildman–Crippen MR) is 91.1 cm³/mol. The fourth-order valence-corrected chi connectivity index (χ4v) is 3.76. The minimum absolute atomic E-state index is 0.210. The highest BCUT2D eigenvalue weighted by molar-refractivity contribution is 7.87. The van der Waals surface area contributed by atoms with E-state index in [-0.39, 0.29) is 6.61 Å². The predicted octanol–water partition coefficient (Wildman–Crippen LogP) is 0.657. The molecule has 0 amide bonds. The summed E-state index contributed by atoms with van der Waals surface area (Å²) in [5.41, 5.74) is 0.960. The summed E-state index contributed by atoms with van der Waals surface area (Å²) >= 11 is 0. The maximum Gasteiger partial charge on any atom is 0.279 e. The van der Waals surface area contributed by atoms with E-state index < -0.39 is 10.2 Å². The van der Waals surface area contributed by atoms with Crippen LogP contribution in [-0.4, -0.2) is 62.6 Å². The van der Waals surface area contributed by atoms with Gasteiger partial charge in [-0.1, -0.05) is 30.3 Å². The van der Waals surface area contributed by atoms with Gasteiger partial charge in [0.2, 0.25) is 0 Å². The Bertz CT molecular complexity index is 565. The summed E-state index contributed by atoms with van der Waals surface area (Å²) in [6.45, 7) is 3.44. The second-order valence-electron chi connectivity index (χ2n) is 6.13. The Labute approximate surface area is 139 Å². The zero-order valence-corrected chi connectivity index (χ0v) is 14.5. The molecular formula is C16H27N3O3S. The summed E-state index contributed by atoms with van der Waals surface area (Å²) in [6, 6.07) is 9.53. The number of nitrogens with one attached hydrogen (secondary N) is 1. The number of aliphatic hydroxyl groups excluding tert-OH is 1. The molecular weight excluding hydrogens is 314 g/mol. The van der Waals surface area contributed by atoms with Crippen LogP contribution in [-0.2, 0) is 16.8 Å². The molecule has 1 fully saturated rings. The van der Waals surface area contributed by atoms with Gasteiger partial charge in [-0.15, -0.1) is 0 Å². The molecule has 1 saturated heterocycles. The normalized spacial score (nSPS) is 20.0. The first-order valence-corrected chi connectivity index (χ1v) is 9.53. The highest BCUT2D eigenvalue weighted by Gasteiger charge is 2.21. The Kier molecular flexibility index (Phi) is 6.98. The van der Waals surface area contributed by atoms with Crippen molar-refractivity contribution in [2.45, 2.75) is 19.4 Å². The summed E-state index contributed by atoms with van der Waals surface area (Å²) in [4.78, 5) is 2.21. The van der Waals surface area contributed by atoms with Crippen LogP contribution in [0.3, 0.4) is 0 Å². The fraction of sp³-hybridized carbons (Fsp3) is 0.625. The van der Waals surface area contributed by atoms with E-state index in [0.29, 0.717) is 25.6 Å². The van der Waals surface area contributed by atoms with Crippen LogP contribution < -0.4 is 4.72 Å². The summed E-state index contributed by atoms with van der Waals surface area (Å²) in [7, 11) is -1.89. The number of aliphatic hydroxyl groups is 1. The number of hydrogen-bond donors (Lipinski definition) is 2. The smallest absolute Gasteiger partial charge is 0.279 e. The lowest BCUT2D eigenvalue weighted by Crippen LogP contribution is -2.44. The van der Waals surface area contributed by atoms with Crippen LogP contribution in [0.5, 0.6) is 0 Å². The molecule has 1 heterocycles. The maximum absolute atomic E-state index is 12.3. The molecule has 2 rings (SSSR count). The van der Waals surface area contributed by atoms with Crippen molar-refractivity contribution in [3.05, 3.63) is 35.9 Å². The molecule has 1 atom stereocenters. The number of likely N-dealkylation sites (tertiary alicyclic amines) is 1. The summed E-state index contributed by atoms with van der Waals surface area (Å²) in [5, 5.41) is 9.23. The van der Waals surface area contributed by atoms with E-state index in [1.165, 1.54) is 4.31 Å². The van der Waals surface area contributed by atoms with Gasteiger partial charge in [0.1, 0.15) is 0 Å². The van der Waals surface area contributed by atoms with Crippen molar-refractivity contribution in [2.75, 3.05) is 39.8 Å². The van der Waals surface area contributed by atoms with Crippen LogP contribution in [0.15, 0.2) is 30.3 Å². The van der Waals surface area contributed by atoms with Gasteiger partial charge in [-0.3, -0.25) is 0 Å². The Hall–Kier alpha value is -0.990. The average Bonchev–Trinajstić information content (AvgIpc) is 2.56. The maximum atomic E-state index is 12.3. The van der Waals surface area contributed by atoms with E-state index in [9.17, 15) is 13.5 Å². The van der Waals surface area contributed by atoms with Crippen LogP contribution in [0.25, 0.3) is 0 Å². The van der Waals surface area contributed by atoms with E-state index in [4.69, 9.17) is 0 Å². The minimum atomic E-state index is -3.47. The van der Waals surface area contributed by atoms with Gasteiger partial charge >= 0.3 is 0 Å². The lowest BCUT2D eigenvalue weighted by Gasteiger charge is -2.31. The summed E-state index contributed by atoms with van der Waals surface area (Å²) < 4.78 is 28.5. The molecule has 23 heavy (non-hydrogen) atoms. The standard InChI is InChI=1S/C16H27N3O3S/c1-18(12-15-6-3-2-4-7-15)23(21,22)17-9-11-19-10-5-8-16(13-19)14-20/h2-4,6-7,16-17,20H,5,8-14H2,1H3. The largest absolute Gasteiger partial charge is 0.396 e. The van der Waals surface area contributed by atoms with Crippen LogP contribution in [0.2, 0.25) is 0 Å². The quantitative estimate of drug-likeness (QED) is 0.728. The first kappa shape index (κ1) is 18.4. The molecule has 1 aliphatic rings. The van der Waals surface area contributed by atoms with Crippen LogP contribution in [0.1, 0.15) is 18.4 Å². The topological polar surface area (TPSA) is 72.9 Å². The SMILES string of the molecule is CN(Cc1ccccc1)S(=O)(=O)NCCN1CCCC(CO)C1. The average molecular weight is 341 g/mol. The van der Waals surface area contributed by atoms with Crippen LogP contribution >= 0.6 is 0 Å². The van der Waals surface area contributed by atoms with Crippen molar-refractivity contribution in [2.24, 2.45) is 5.92 Å². The third-order valence-corrected chi connectivity index (χ3v) is 5.75. The molecule has 0 bridgehead atoms. The molecule has 0 saturated carbocycles. The molecule has 0 spiro atoms. The van der Waals surface area contributed by atoms with E-state index in [0.717, 1.165) is 31.5 Å². The first-order chi connectivity index (χ1) is 11.0. The fourth-order valence-electron chi connectivity index (χ4n) is 2.87. The van der Waals surface area contributed by atoms with Gasteiger partial charge in [-0.25, -0.2) is 4.72 Å². The van der Waals surface area contributed by atoms with Crippen molar-refractivity contribution in [3.63, 3.8) is 0 Å². The van der Waals surface area contributed by atoms with E-state index in [2.05, 4.69) is 9.62 Å². The van der Waals surface area contributed by atoms with Crippen molar-refractivity contribution in [1.82, 2.24) is 13.9 Å². The van der Waals surface area contributed by atoms with Crippen LogP contribution in [0, 0.1) is 5.92 Å². The van der Waals surface area contributed by atoms with Gasteiger partial charge in [0.15, 0.2) is 0 Å². The van der Waals surface area contributed by atoms with Gasteiger partial charge in [-0.05, 0) is 30.9 Å². The highest BCUT2D eigenvalue weighted by atomic mass is 32.2. The molecule has 130 valence electrons. The van der Waals surface area contributed by atoms with Gasteiger partial charge in [-0.2, -0.15) is 12.7 Å². The van der Waals surface area contributed by atoms with Gasteiger partial charge in [0.05, 0.1) is 0 Å². The Morgan fingerprint density at radius 2 is 2.09 bits per heavy atom. The number of nitrogens with zero attached hydrogens (tertiary/aromatic N) is 2. The molecule has 1 aromatic carbocycles. The highest BCUT2D eigenvalue weighted by Crippen LogP contribution is 2.15. The number of hydrogen-bond acceptors (Lipinski definition) is 4. The molecule has 6 nitrogen and oxygen atoms in total. The van der Waals surface area contributed by atoms with Crippen molar-refractivity contribution < 1.29 is 13.5 Å². The second-order valence-corrected chi connectivity index (χ2v) is 7.99. The molecule has 0 aromatic heterocycles. The first-order valence-electron chi connectivity index (χ1n) is 8.09. The van der Waals surface area contributed by atoms with E-state index in [1.54, 1.807) is 7.05 Å². The van der Waals surface area contributed by atoms with Crippen molar-refractivity contribution in [1.29, 1.82) is 0 Å². The third kappa shape index (κ3) is 5.86. The Balaban J connectivity index is 1.77. The number of benzene rings is 1. The molecule has 7 heteroatoms. The molecule has 0 aliphatic carbocycles. The summed E-state index contributed by atoms with van der Waals surface area (Å²) in [5.74, 6) is 0.320. The molecule has 2 N–H and O–H groups in total. The van der Waals surface area contributed by atoms with Crippen molar-refractivity contribution >= 4 is 10.2 Å². The van der Waals surface area contributed by atoms with Gasteiger partial charge in [0, 0.05) is 39.8 Å². The molecule has 1 aromatic rings. The zero-order chi connectivity index (χ0) is 16.7. The van der Waals surface area contributed by atoms with Crippen LogP contribution in [0.4, 0.5) is 0 Å². The zero-order valence-electron chi connectivity index (χ0n) is 13.7. The molecule has 1 unspecified atom stereocenters. The summed E-state index contributed by atoms with van der Waals surface area (Å²) in [6.07, 6.45) is 2.12. The van der Waals surface area contributed by atoms with Gasteiger partial charge < -0.3 is 10.0 Å². The van der Waals surface area contributed by atoms with Crippen molar-refractivity contribution in [3.8, 4) is 0 Å². The minimum Gasteiger partial charge on any atom is -0.396 e. The Morgan fingerprint density at radius 1 is 1.35 bits per heavy atom. The molecule has 1 aliphatic heterocycles. The molecule has 0 radical (unpaired) electrons. The van der Waals surface area contributed by atoms with E-state index >= 15 is 0 Å².